The number of anilines is 1. The molecule has 0 atom stereocenters. The molecule has 2 N–H and O–H groups in total. The van der Waals surface area contributed by atoms with Crippen LogP contribution in [0, 0.1) is 0 Å². The highest BCUT2D eigenvalue weighted by atomic mass is 16.1. The van der Waals surface area contributed by atoms with Gasteiger partial charge in [0.2, 0.25) is 0 Å². The second-order valence-electron chi connectivity index (χ2n) is 6.27. The molecule has 0 radical (unpaired) electrons. The van der Waals surface area contributed by atoms with Gasteiger partial charge in [0, 0.05) is 28.4 Å². The third kappa shape index (κ3) is 2.46. The van der Waals surface area contributed by atoms with Gasteiger partial charge in [-0.05, 0) is 26.8 Å². The second-order valence-corrected chi connectivity index (χ2v) is 6.27. The van der Waals surface area contributed by atoms with Gasteiger partial charge >= 0.3 is 0 Å². The number of nitrogen functional groups attached to an aromatic ring is 1. The quantitative estimate of drug-likeness (QED) is 0.733. The molecule has 90 valence electrons. The lowest BCUT2D eigenvalue weighted by Gasteiger charge is -2.32. The van der Waals surface area contributed by atoms with Crippen LogP contribution in [0.5, 0.6) is 0 Å². The summed E-state index contributed by atoms with van der Waals surface area (Å²) < 4.78 is 1.82. The Hall–Kier alpha value is -1.25. The fourth-order valence-corrected chi connectivity index (χ4v) is 1.83. The van der Waals surface area contributed by atoms with Gasteiger partial charge in [-0.25, -0.2) is 0 Å². The van der Waals surface area contributed by atoms with Crippen molar-refractivity contribution in [1.82, 2.24) is 4.57 Å². The Morgan fingerprint density at radius 1 is 1.06 bits per heavy atom. The standard InChI is InChI=1S/C13H22N2O/c1-12(2,3)10-7-9(14)8-11(16)15(10)13(4,5)6/h7-8H,14H2,1-6H3. The second kappa shape index (κ2) is 3.65. The van der Waals surface area contributed by atoms with Crippen LogP contribution in [-0.2, 0) is 11.0 Å². The average Bonchev–Trinajstić information content (AvgIpc) is 1.97. The predicted octanol–water partition coefficient (Wildman–Crippen LogP) is 2.48. The van der Waals surface area contributed by atoms with E-state index in [1.54, 1.807) is 0 Å². The Balaban J connectivity index is 3.65. The molecule has 3 heteroatoms. The van der Waals surface area contributed by atoms with Crippen molar-refractivity contribution in [2.45, 2.75) is 52.5 Å². The maximum atomic E-state index is 12.0. The minimum absolute atomic E-state index is 0.0302. The van der Waals surface area contributed by atoms with Crippen LogP contribution in [0.2, 0.25) is 0 Å². The molecule has 1 rings (SSSR count). The van der Waals surface area contributed by atoms with E-state index in [1.165, 1.54) is 6.07 Å². The zero-order valence-electron chi connectivity index (χ0n) is 11.1. The summed E-state index contributed by atoms with van der Waals surface area (Å²) in [5, 5.41) is 0. The van der Waals surface area contributed by atoms with Crippen molar-refractivity contribution in [2.75, 3.05) is 5.73 Å². The molecule has 3 nitrogen and oxygen atoms in total. The number of hydrogen-bond donors (Lipinski definition) is 1. The van der Waals surface area contributed by atoms with Crippen molar-refractivity contribution < 1.29 is 0 Å². The summed E-state index contributed by atoms with van der Waals surface area (Å²) in [6, 6.07) is 3.38. The molecule has 0 bridgehead atoms. The summed E-state index contributed by atoms with van der Waals surface area (Å²) >= 11 is 0. The highest BCUT2D eigenvalue weighted by molar-refractivity contribution is 5.40. The van der Waals surface area contributed by atoms with Crippen LogP contribution in [0.3, 0.4) is 0 Å². The Morgan fingerprint density at radius 2 is 1.56 bits per heavy atom. The van der Waals surface area contributed by atoms with E-state index < -0.39 is 0 Å². The number of hydrogen-bond acceptors (Lipinski definition) is 2. The number of nitrogens with two attached hydrogens (primary N) is 1. The van der Waals surface area contributed by atoms with Gasteiger partial charge in [0.05, 0.1) is 0 Å². The molecule has 0 saturated carbocycles. The molecule has 1 aromatic heterocycles. The smallest absolute Gasteiger partial charge is 0.253 e. The van der Waals surface area contributed by atoms with Gasteiger partial charge in [-0.3, -0.25) is 4.79 Å². The number of nitrogens with zero attached hydrogens (tertiary/aromatic N) is 1. The van der Waals surface area contributed by atoms with E-state index in [2.05, 4.69) is 20.8 Å². The zero-order valence-corrected chi connectivity index (χ0v) is 11.1. The number of aromatic nitrogens is 1. The van der Waals surface area contributed by atoms with Crippen LogP contribution in [-0.4, -0.2) is 4.57 Å². The van der Waals surface area contributed by atoms with Gasteiger partial charge in [-0.1, -0.05) is 20.8 Å². The van der Waals surface area contributed by atoms with E-state index in [9.17, 15) is 4.79 Å². The maximum Gasteiger partial charge on any atom is 0.253 e. The van der Waals surface area contributed by atoms with Crippen molar-refractivity contribution in [3.05, 3.63) is 28.2 Å². The fraction of sp³-hybridized carbons (Fsp3) is 0.615. The minimum Gasteiger partial charge on any atom is -0.399 e. The van der Waals surface area contributed by atoms with E-state index in [0.29, 0.717) is 5.69 Å². The van der Waals surface area contributed by atoms with E-state index in [1.807, 2.05) is 31.4 Å². The third-order valence-corrected chi connectivity index (χ3v) is 2.49. The summed E-state index contributed by atoms with van der Waals surface area (Å²) in [6.45, 7) is 12.3. The van der Waals surface area contributed by atoms with Gasteiger partial charge in [-0.2, -0.15) is 0 Å². The van der Waals surface area contributed by atoms with Crippen LogP contribution in [0.4, 0.5) is 5.69 Å². The highest BCUT2D eigenvalue weighted by Crippen LogP contribution is 2.26. The molecule has 16 heavy (non-hydrogen) atoms. The topological polar surface area (TPSA) is 48.0 Å². The first-order valence-corrected chi connectivity index (χ1v) is 5.57. The van der Waals surface area contributed by atoms with E-state index in [0.717, 1.165) is 5.69 Å². The largest absolute Gasteiger partial charge is 0.399 e. The summed E-state index contributed by atoms with van der Waals surface area (Å²) in [5.74, 6) is 0. The summed E-state index contributed by atoms with van der Waals surface area (Å²) in [4.78, 5) is 12.0. The number of pyridine rings is 1. The van der Waals surface area contributed by atoms with Gasteiger partial charge in [0.15, 0.2) is 0 Å². The molecule has 0 fully saturated rings. The Morgan fingerprint density at radius 3 is 1.94 bits per heavy atom. The van der Waals surface area contributed by atoms with Crippen molar-refractivity contribution in [1.29, 1.82) is 0 Å². The first kappa shape index (κ1) is 12.8. The van der Waals surface area contributed by atoms with Crippen LogP contribution >= 0.6 is 0 Å². The molecule has 0 aliphatic carbocycles. The van der Waals surface area contributed by atoms with Crippen LogP contribution < -0.4 is 11.3 Å². The summed E-state index contributed by atoms with van der Waals surface area (Å²) in [7, 11) is 0. The van der Waals surface area contributed by atoms with Gasteiger partial charge in [0.25, 0.3) is 5.56 Å². The Bertz CT molecular complexity index is 444. The lowest BCUT2D eigenvalue weighted by atomic mass is 9.89. The van der Waals surface area contributed by atoms with E-state index in [4.69, 9.17) is 5.73 Å². The monoisotopic (exact) mass is 222 g/mol. The molecule has 0 aliphatic heterocycles. The molecule has 0 saturated heterocycles. The van der Waals surface area contributed by atoms with Crippen molar-refractivity contribution in [2.24, 2.45) is 0 Å². The fourth-order valence-electron chi connectivity index (χ4n) is 1.83. The molecule has 0 aliphatic rings. The molecule has 1 aromatic rings. The normalized spacial score (nSPS) is 12.9. The third-order valence-electron chi connectivity index (χ3n) is 2.49. The van der Waals surface area contributed by atoms with Crippen molar-refractivity contribution in [3.8, 4) is 0 Å². The molecule has 0 aromatic carbocycles. The van der Waals surface area contributed by atoms with Crippen molar-refractivity contribution >= 4 is 5.69 Å². The first-order chi connectivity index (χ1) is 7.03. The SMILES string of the molecule is CC(C)(C)c1cc(N)cc(=O)n1C(C)(C)C. The lowest BCUT2D eigenvalue weighted by molar-refractivity contribution is 0.346. The summed E-state index contributed by atoms with van der Waals surface area (Å²) in [5.41, 5.74) is 6.91. The summed E-state index contributed by atoms with van der Waals surface area (Å²) in [6.07, 6.45) is 0. The molecule has 0 amide bonds. The molecule has 0 spiro atoms. The number of rotatable bonds is 0. The van der Waals surface area contributed by atoms with Gasteiger partial charge < -0.3 is 10.3 Å². The van der Waals surface area contributed by atoms with E-state index in [-0.39, 0.29) is 16.5 Å². The van der Waals surface area contributed by atoms with Gasteiger partial charge in [-0.15, -0.1) is 0 Å². The zero-order chi connectivity index (χ0) is 12.7. The Kier molecular flexibility index (Phi) is 2.92. The molecule has 1 heterocycles. The van der Waals surface area contributed by atoms with Crippen LogP contribution in [0.15, 0.2) is 16.9 Å². The van der Waals surface area contributed by atoms with Gasteiger partial charge in [0.1, 0.15) is 0 Å². The first-order valence-electron chi connectivity index (χ1n) is 5.57. The molecule has 0 unspecified atom stereocenters. The lowest BCUT2D eigenvalue weighted by Crippen LogP contribution is -2.39. The average molecular weight is 222 g/mol. The van der Waals surface area contributed by atoms with E-state index >= 15 is 0 Å². The molecular formula is C13H22N2O. The Labute approximate surface area is 97.3 Å². The maximum absolute atomic E-state index is 12.0. The highest BCUT2D eigenvalue weighted by Gasteiger charge is 2.25. The van der Waals surface area contributed by atoms with Crippen LogP contribution in [0.25, 0.3) is 0 Å². The van der Waals surface area contributed by atoms with Crippen LogP contribution in [0.1, 0.15) is 47.2 Å². The molecular weight excluding hydrogens is 200 g/mol. The predicted molar refractivity (Wildman–Crippen MR) is 68.8 cm³/mol. The minimum atomic E-state index is -0.229. The van der Waals surface area contributed by atoms with Crippen molar-refractivity contribution in [3.63, 3.8) is 0 Å².